The van der Waals surface area contributed by atoms with Crippen LogP contribution in [-0.4, -0.2) is 61.1 Å². The Kier molecular flexibility index (Phi) is 6.65. The third-order valence-corrected chi connectivity index (χ3v) is 7.44. The molecule has 0 N–H and O–H groups in total. The van der Waals surface area contributed by atoms with E-state index in [4.69, 9.17) is 9.47 Å². The normalized spacial score (nSPS) is 25.7. The molecule has 0 bridgehead atoms. The highest BCUT2D eigenvalue weighted by molar-refractivity contribution is 5.89. The van der Waals surface area contributed by atoms with Gasteiger partial charge in [-0.15, -0.1) is 0 Å². The van der Waals surface area contributed by atoms with E-state index in [0.717, 1.165) is 50.2 Å². The summed E-state index contributed by atoms with van der Waals surface area (Å²) < 4.78 is 10.5. The van der Waals surface area contributed by atoms with E-state index in [2.05, 4.69) is 17.1 Å². The summed E-state index contributed by atoms with van der Waals surface area (Å²) in [6.45, 7) is 3.43. The summed E-state index contributed by atoms with van der Waals surface area (Å²) in [6.07, 6.45) is 10.0. The van der Waals surface area contributed by atoms with Gasteiger partial charge in [-0.2, -0.15) is 0 Å². The number of ether oxygens (including phenoxy) is 2. The molecule has 2 fully saturated rings. The van der Waals surface area contributed by atoms with Crippen molar-refractivity contribution >= 4 is 11.9 Å². The zero-order chi connectivity index (χ0) is 21.8. The molecule has 6 heteroatoms. The van der Waals surface area contributed by atoms with Crippen molar-refractivity contribution in [3.8, 4) is 5.75 Å². The van der Waals surface area contributed by atoms with E-state index < -0.39 is 11.5 Å². The van der Waals surface area contributed by atoms with E-state index in [1.807, 2.05) is 29.2 Å². The molecule has 1 amide bonds. The van der Waals surface area contributed by atoms with Crippen LogP contribution in [0.4, 0.5) is 0 Å². The molecule has 1 aromatic carbocycles. The molecule has 2 saturated heterocycles. The van der Waals surface area contributed by atoms with E-state index in [9.17, 15) is 9.59 Å². The Balaban J connectivity index is 1.52. The number of carbonyl (C=O) groups is 2. The minimum atomic E-state index is -0.462. The minimum Gasteiger partial charge on any atom is -0.497 e. The second-order valence-electron chi connectivity index (χ2n) is 9.17. The number of hydrogen-bond donors (Lipinski definition) is 0. The van der Waals surface area contributed by atoms with Crippen molar-refractivity contribution in [3.05, 3.63) is 42.0 Å². The molecule has 1 spiro atoms. The van der Waals surface area contributed by atoms with E-state index in [1.165, 1.54) is 20.0 Å². The van der Waals surface area contributed by atoms with Gasteiger partial charge in [0.05, 0.1) is 25.7 Å². The Morgan fingerprint density at radius 2 is 2.00 bits per heavy atom. The van der Waals surface area contributed by atoms with Gasteiger partial charge >= 0.3 is 5.97 Å². The van der Waals surface area contributed by atoms with E-state index in [0.29, 0.717) is 12.5 Å². The maximum Gasteiger partial charge on any atom is 0.311 e. The number of nitrogens with zero attached hydrogens (tertiary/aromatic N) is 2. The number of hydrogen-bond acceptors (Lipinski definition) is 5. The molecular weight excluding hydrogens is 392 g/mol. The molecule has 3 aliphatic rings. The molecule has 31 heavy (non-hydrogen) atoms. The average Bonchev–Trinajstić information content (AvgIpc) is 3.07. The van der Waals surface area contributed by atoms with Crippen LogP contribution in [0.15, 0.2) is 36.4 Å². The van der Waals surface area contributed by atoms with Crippen LogP contribution in [0.5, 0.6) is 5.75 Å². The zero-order valence-electron chi connectivity index (χ0n) is 18.7. The van der Waals surface area contributed by atoms with Crippen molar-refractivity contribution in [1.82, 2.24) is 9.80 Å². The molecule has 0 aromatic heterocycles. The lowest BCUT2D eigenvalue weighted by Gasteiger charge is -2.47. The fourth-order valence-corrected chi connectivity index (χ4v) is 5.68. The number of benzene rings is 1. The molecule has 6 nitrogen and oxygen atoms in total. The van der Waals surface area contributed by atoms with Crippen molar-refractivity contribution < 1.29 is 19.1 Å². The highest BCUT2D eigenvalue weighted by Crippen LogP contribution is 2.45. The van der Waals surface area contributed by atoms with Crippen LogP contribution in [0.1, 0.15) is 44.1 Å². The maximum atomic E-state index is 13.1. The van der Waals surface area contributed by atoms with Gasteiger partial charge < -0.3 is 19.3 Å². The zero-order valence-corrected chi connectivity index (χ0v) is 18.7. The SMILES string of the molecule is COC(=O)C1CC(=O)N(Cc2cccc(OC)c2)C12CCN(CC1CC=CCC1)CC2. The van der Waals surface area contributed by atoms with E-state index in [1.54, 1.807) is 7.11 Å². The molecule has 168 valence electrons. The summed E-state index contributed by atoms with van der Waals surface area (Å²) in [7, 11) is 3.07. The highest BCUT2D eigenvalue weighted by Gasteiger charge is 2.56. The van der Waals surface area contributed by atoms with Crippen molar-refractivity contribution in [1.29, 1.82) is 0 Å². The quantitative estimate of drug-likeness (QED) is 0.515. The summed E-state index contributed by atoms with van der Waals surface area (Å²) >= 11 is 0. The molecule has 1 aliphatic carbocycles. The van der Waals surface area contributed by atoms with Crippen LogP contribution in [0.3, 0.4) is 0 Å². The summed E-state index contributed by atoms with van der Waals surface area (Å²) in [6, 6.07) is 7.83. The second kappa shape index (κ2) is 9.43. The van der Waals surface area contributed by atoms with Crippen LogP contribution in [0.2, 0.25) is 0 Å². The number of piperidine rings is 1. The van der Waals surface area contributed by atoms with Crippen LogP contribution in [0.25, 0.3) is 0 Å². The number of methoxy groups -OCH3 is 2. The van der Waals surface area contributed by atoms with Crippen molar-refractivity contribution in [2.75, 3.05) is 33.9 Å². The average molecular weight is 427 g/mol. The first-order valence-corrected chi connectivity index (χ1v) is 11.4. The van der Waals surface area contributed by atoms with Gasteiger partial charge in [0.2, 0.25) is 5.91 Å². The van der Waals surface area contributed by atoms with Crippen molar-refractivity contribution in [2.45, 2.75) is 50.6 Å². The third-order valence-electron chi connectivity index (χ3n) is 7.44. The number of carbonyl (C=O) groups excluding carboxylic acids is 2. The molecule has 0 radical (unpaired) electrons. The smallest absolute Gasteiger partial charge is 0.311 e. The van der Waals surface area contributed by atoms with Crippen LogP contribution < -0.4 is 4.74 Å². The Bertz CT molecular complexity index is 829. The fourth-order valence-electron chi connectivity index (χ4n) is 5.68. The van der Waals surface area contributed by atoms with Gasteiger partial charge in [-0.05, 0) is 55.7 Å². The summed E-state index contributed by atoms with van der Waals surface area (Å²) in [5.41, 5.74) is 0.560. The first-order valence-electron chi connectivity index (χ1n) is 11.4. The second-order valence-corrected chi connectivity index (χ2v) is 9.17. The molecule has 1 aromatic rings. The monoisotopic (exact) mass is 426 g/mol. The molecular formula is C25H34N2O4. The lowest BCUT2D eigenvalue weighted by atomic mass is 9.76. The lowest BCUT2D eigenvalue weighted by Crippen LogP contribution is -2.57. The Labute approximate surface area is 185 Å². The van der Waals surface area contributed by atoms with Gasteiger partial charge in [0, 0.05) is 32.6 Å². The number of likely N-dealkylation sites (tertiary alicyclic amines) is 2. The number of allylic oxidation sites excluding steroid dienone is 2. The van der Waals surface area contributed by atoms with E-state index >= 15 is 0 Å². The van der Waals surface area contributed by atoms with E-state index in [-0.39, 0.29) is 18.3 Å². The van der Waals surface area contributed by atoms with Crippen molar-refractivity contribution in [3.63, 3.8) is 0 Å². The van der Waals surface area contributed by atoms with Gasteiger partial charge in [0.25, 0.3) is 0 Å². The van der Waals surface area contributed by atoms with Crippen LogP contribution in [0, 0.1) is 11.8 Å². The fraction of sp³-hybridized carbons (Fsp3) is 0.600. The Morgan fingerprint density at radius 1 is 1.19 bits per heavy atom. The van der Waals surface area contributed by atoms with Gasteiger partial charge in [0.1, 0.15) is 5.75 Å². The van der Waals surface area contributed by atoms with Crippen LogP contribution >= 0.6 is 0 Å². The molecule has 0 saturated carbocycles. The third kappa shape index (κ3) is 4.49. The predicted octanol–water partition coefficient (Wildman–Crippen LogP) is 3.41. The molecule has 2 heterocycles. The van der Waals surface area contributed by atoms with Gasteiger partial charge in [-0.1, -0.05) is 24.3 Å². The Morgan fingerprint density at radius 3 is 2.68 bits per heavy atom. The molecule has 4 rings (SSSR count). The minimum absolute atomic E-state index is 0.0455. The van der Waals surface area contributed by atoms with Crippen LogP contribution in [-0.2, 0) is 20.9 Å². The van der Waals surface area contributed by atoms with Gasteiger partial charge in [-0.25, -0.2) is 0 Å². The predicted molar refractivity (Wildman–Crippen MR) is 119 cm³/mol. The maximum absolute atomic E-state index is 13.1. The molecule has 2 aliphatic heterocycles. The summed E-state index contributed by atoms with van der Waals surface area (Å²) in [5.74, 6) is 0.888. The number of rotatable bonds is 6. The van der Waals surface area contributed by atoms with Gasteiger partial charge in [0.15, 0.2) is 0 Å². The highest BCUT2D eigenvalue weighted by atomic mass is 16.5. The summed E-state index contributed by atoms with van der Waals surface area (Å²) in [4.78, 5) is 30.3. The lowest BCUT2D eigenvalue weighted by molar-refractivity contribution is -0.150. The largest absolute Gasteiger partial charge is 0.497 e. The molecule has 2 unspecified atom stereocenters. The summed E-state index contributed by atoms with van der Waals surface area (Å²) in [5, 5.41) is 0. The first kappa shape index (κ1) is 21.9. The topological polar surface area (TPSA) is 59.1 Å². The van der Waals surface area contributed by atoms with Crippen molar-refractivity contribution in [2.24, 2.45) is 11.8 Å². The first-order chi connectivity index (χ1) is 15.1. The number of amides is 1. The van der Waals surface area contributed by atoms with Gasteiger partial charge in [-0.3, -0.25) is 9.59 Å². The number of esters is 1. The standard InChI is InChI=1S/C25H34N2O4/c1-30-21-10-6-9-20(15-21)18-27-23(28)16-22(24(29)31-2)25(27)11-13-26(14-12-25)17-19-7-4-3-5-8-19/h3-4,6,9-10,15,19,22H,5,7-8,11-14,16-18H2,1-2H3. The molecule has 2 atom stereocenters. The Hall–Kier alpha value is -2.34.